The van der Waals surface area contributed by atoms with Gasteiger partial charge in [-0.3, -0.25) is 0 Å². The van der Waals surface area contributed by atoms with Crippen molar-refractivity contribution in [1.82, 2.24) is 19.6 Å². The van der Waals surface area contributed by atoms with Gasteiger partial charge in [0, 0.05) is 5.39 Å². The topological polar surface area (TPSA) is 72.3 Å². The Morgan fingerprint density at radius 1 is 1.42 bits per heavy atom. The van der Waals surface area contributed by atoms with Gasteiger partial charge in [0.05, 0.1) is 12.1 Å². The Balaban J connectivity index is 2.10. The van der Waals surface area contributed by atoms with Crippen LogP contribution in [0.1, 0.15) is 19.8 Å². The number of hydrogen-bond acceptors (Lipinski definition) is 4. The van der Waals surface area contributed by atoms with E-state index in [4.69, 9.17) is 4.74 Å². The van der Waals surface area contributed by atoms with Crippen LogP contribution in [0.2, 0.25) is 0 Å². The van der Waals surface area contributed by atoms with E-state index in [0.717, 1.165) is 24.0 Å². The van der Waals surface area contributed by atoms with Crippen molar-refractivity contribution in [1.29, 1.82) is 0 Å². The number of benzene rings is 1. The highest BCUT2D eigenvalue weighted by atomic mass is 16.5. The Kier molecular flexibility index (Phi) is 2.91. The van der Waals surface area contributed by atoms with Gasteiger partial charge in [-0.05, 0) is 24.6 Å². The number of H-pyrrole nitrogens is 1. The van der Waals surface area contributed by atoms with Crippen molar-refractivity contribution in [2.45, 2.75) is 19.8 Å². The number of unbranched alkanes of at least 4 members (excludes halogenated alkanes) is 1. The Hall–Kier alpha value is -2.37. The zero-order valence-corrected chi connectivity index (χ0v) is 10.6. The van der Waals surface area contributed by atoms with Gasteiger partial charge in [-0.2, -0.15) is 14.6 Å². The summed E-state index contributed by atoms with van der Waals surface area (Å²) in [5.41, 5.74) is 0.886. The summed E-state index contributed by atoms with van der Waals surface area (Å²) in [6, 6.07) is 5.50. The van der Waals surface area contributed by atoms with E-state index in [-0.39, 0.29) is 5.69 Å². The number of nitrogens with zero attached hydrogens (tertiary/aromatic N) is 3. The third-order valence-electron chi connectivity index (χ3n) is 2.97. The number of hydrogen-bond donors (Lipinski definition) is 1. The van der Waals surface area contributed by atoms with Crippen LogP contribution < -0.4 is 10.4 Å². The number of ether oxygens (including phenoxy) is 1. The van der Waals surface area contributed by atoms with Crippen LogP contribution in [0, 0.1) is 0 Å². The fraction of sp³-hybridized carbons (Fsp3) is 0.308. The number of fused-ring (bicyclic) bond motifs is 3. The van der Waals surface area contributed by atoms with Crippen molar-refractivity contribution >= 4 is 16.6 Å². The van der Waals surface area contributed by atoms with E-state index in [1.54, 1.807) is 6.07 Å². The van der Waals surface area contributed by atoms with Gasteiger partial charge in [0.15, 0.2) is 0 Å². The van der Waals surface area contributed by atoms with Crippen molar-refractivity contribution in [3.8, 4) is 5.75 Å². The molecule has 19 heavy (non-hydrogen) atoms. The molecule has 1 aromatic carbocycles. The van der Waals surface area contributed by atoms with Crippen LogP contribution in [0.25, 0.3) is 16.6 Å². The third-order valence-corrected chi connectivity index (χ3v) is 2.97. The molecule has 0 unspecified atom stereocenters. The van der Waals surface area contributed by atoms with Gasteiger partial charge in [-0.15, -0.1) is 0 Å². The maximum absolute atomic E-state index is 11.7. The van der Waals surface area contributed by atoms with E-state index in [0.29, 0.717) is 17.8 Å². The molecule has 0 aliphatic heterocycles. The molecule has 0 radical (unpaired) electrons. The summed E-state index contributed by atoms with van der Waals surface area (Å²) in [6.07, 6.45) is 3.59. The predicted molar refractivity (Wildman–Crippen MR) is 71.5 cm³/mol. The van der Waals surface area contributed by atoms with Gasteiger partial charge in [0.2, 0.25) is 0 Å². The number of aromatic nitrogens is 4. The normalized spacial score (nSPS) is 11.2. The summed E-state index contributed by atoms with van der Waals surface area (Å²) in [5, 5.41) is 4.74. The minimum absolute atomic E-state index is 0.386. The second kappa shape index (κ2) is 4.72. The van der Waals surface area contributed by atoms with Crippen LogP contribution >= 0.6 is 0 Å². The first-order valence-electron chi connectivity index (χ1n) is 6.28. The molecule has 0 saturated carbocycles. The van der Waals surface area contributed by atoms with Crippen LogP contribution in [0.5, 0.6) is 5.75 Å². The summed E-state index contributed by atoms with van der Waals surface area (Å²) < 4.78 is 6.91. The Morgan fingerprint density at radius 2 is 2.32 bits per heavy atom. The van der Waals surface area contributed by atoms with Crippen molar-refractivity contribution in [3.05, 3.63) is 35.0 Å². The Bertz CT molecular complexity index is 775. The largest absolute Gasteiger partial charge is 0.494 e. The van der Waals surface area contributed by atoms with Crippen LogP contribution in [0.15, 0.2) is 29.3 Å². The molecule has 0 fully saturated rings. The lowest BCUT2D eigenvalue weighted by Gasteiger charge is -2.06. The highest BCUT2D eigenvalue weighted by molar-refractivity contribution is 5.91. The zero-order chi connectivity index (χ0) is 13.2. The van der Waals surface area contributed by atoms with E-state index in [1.165, 1.54) is 10.8 Å². The van der Waals surface area contributed by atoms with Crippen molar-refractivity contribution in [3.63, 3.8) is 0 Å². The summed E-state index contributed by atoms with van der Waals surface area (Å²) >= 11 is 0. The van der Waals surface area contributed by atoms with Gasteiger partial charge < -0.3 is 9.72 Å². The molecule has 3 rings (SSSR count). The molecule has 0 bridgehead atoms. The average Bonchev–Trinajstić information content (AvgIpc) is 2.90. The van der Waals surface area contributed by atoms with Crippen LogP contribution in [-0.2, 0) is 0 Å². The molecule has 2 heterocycles. The number of nitrogens with one attached hydrogen (secondary N) is 1. The number of aromatic amines is 1. The van der Waals surface area contributed by atoms with E-state index in [2.05, 4.69) is 22.0 Å². The number of rotatable bonds is 4. The molecule has 0 spiro atoms. The molecule has 3 aromatic rings. The maximum atomic E-state index is 11.7. The van der Waals surface area contributed by atoms with E-state index < -0.39 is 0 Å². The molecule has 2 aromatic heterocycles. The minimum Gasteiger partial charge on any atom is -0.494 e. The monoisotopic (exact) mass is 258 g/mol. The SMILES string of the molecule is CCCCOc1ccc2nc(=O)n3nc[nH]c3c2c1. The summed E-state index contributed by atoms with van der Waals surface area (Å²) in [4.78, 5) is 18.6. The van der Waals surface area contributed by atoms with Gasteiger partial charge in [0.1, 0.15) is 17.7 Å². The first-order valence-corrected chi connectivity index (χ1v) is 6.28. The van der Waals surface area contributed by atoms with E-state index >= 15 is 0 Å². The molecular weight excluding hydrogens is 244 g/mol. The van der Waals surface area contributed by atoms with Crippen LogP contribution in [-0.4, -0.2) is 26.2 Å². The highest BCUT2D eigenvalue weighted by Crippen LogP contribution is 2.21. The smallest absolute Gasteiger partial charge is 0.370 e. The molecule has 1 N–H and O–H groups in total. The van der Waals surface area contributed by atoms with Crippen LogP contribution in [0.3, 0.4) is 0 Å². The van der Waals surface area contributed by atoms with Gasteiger partial charge in [0.25, 0.3) is 0 Å². The molecule has 6 heteroatoms. The molecule has 0 aliphatic rings. The zero-order valence-electron chi connectivity index (χ0n) is 10.6. The average molecular weight is 258 g/mol. The van der Waals surface area contributed by atoms with Gasteiger partial charge in [-0.25, -0.2) is 4.79 Å². The van der Waals surface area contributed by atoms with Crippen molar-refractivity contribution in [2.24, 2.45) is 0 Å². The fourth-order valence-corrected chi connectivity index (χ4v) is 1.98. The van der Waals surface area contributed by atoms with Crippen molar-refractivity contribution in [2.75, 3.05) is 6.61 Å². The lowest BCUT2D eigenvalue weighted by atomic mass is 10.2. The Morgan fingerprint density at radius 3 is 3.16 bits per heavy atom. The van der Waals surface area contributed by atoms with Crippen molar-refractivity contribution < 1.29 is 4.74 Å². The lowest BCUT2D eigenvalue weighted by molar-refractivity contribution is 0.310. The first-order chi connectivity index (χ1) is 9.29. The molecule has 6 nitrogen and oxygen atoms in total. The highest BCUT2D eigenvalue weighted by Gasteiger charge is 2.08. The second-order valence-electron chi connectivity index (χ2n) is 4.32. The van der Waals surface area contributed by atoms with E-state index in [9.17, 15) is 4.79 Å². The lowest BCUT2D eigenvalue weighted by Crippen LogP contribution is -2.17. The van der Waals surface area contributed by atoms with Crippen LogP contribution in [0.4, 0.5) is 0 Å². The second-order valence-corrected chi connectivity index (χ2v) is 4.32. The first kappa shape index (κ1) is 11.7. The molecule has 0 amide bonds. The summed E-state index contributed by atoms with van der Waals surface area (Å²) in [7, 11) is 0. The quantitative estimate of drug-likeness (QED) is 0.724. The van der Waals surface area contributed by atoms with E-state index in [1.807, 2.05) is 12.1 Å². The Labute approximate surface area is 109 Å². The van der Waals surface area contributed by atoms with Gasteiger partial charge in [-0.1, -0.05) is 13.3 Å². The standard InChI is InChI=1S/C13H14N4O2/c1-2-3-6-19-9-4-5-11-10(7-9)12-14-8-15-17(12)13(18)16-11/h4-5,7-8H,2-3,6H2,1H3,(H,14,15). The summed E-state index contributed by atoms with van der Waals surface area (Å²) in [5.74, 6) is 0.776. The summed E-state index contributed by atoms with van der Waals surface area (Å²) in [6.45, 7) is 2.81. The van der Waals surface area contributed by atoms with Gasteiger partial charge >= 0.3 is 5.69 Å². The third kappa shape index (κ3) is 2.05. The molecule has 98 valence electrons. The predicted octanol–water partition coefficient (Wildman–Crippen LogP) is 1.75. The maximum Gasteiger partial charge on any atom is 0.370 e. The molecule has 0 saturated heterocycles. The molecular formula is C13H14N4O2. The fourth-order valence-electron chi connectivity index (χ4n) is 1.98. The minimum atomic E-state index is -0.386. The molecule has 0 atom stereocenters. The molecule has 0 aliphatic carbocycles.